The standard InChI is InChI=1S/C22H30N2O3/c1-6-15-11-12-17-20(19(15)16-9-7-14(2)8-10-16)23-18(27-17)13-26-21(25)24-22(3,4)5/h6,11-12,14,16H,1,7-10,13H2,2-5H3,(H,24,25). The van der Waals surface area contributed by atoms with Gasteiger partial charge >= 0.3 is 6.09 Å². The van der Waals surface area contributed by atoms with E-state index in [2.05, 4.69) is 23.8 Å². The Morgan fingerprint density at radius 3 is 2.67 bits per heavy atom. The lowest BCUT2D eigenvalue weighted by Crippen LogP contribution is -2.40. The molecule has 0 bridgehead atoms. The third-order valence-electron chi connectivity index (χ3n) is 5.13. The normalized spacial score (nSPS) is 20.4. The van der Waals surface area contributed by atoms with Crippen LogP contribution in [0.2, 0.25) is 0 Å². The number of nitrogens with zero attached hydrogens (tertiary/aromatic N) is 1. The predicted octanol–water partition coefficient (Wildman–Crippen LogP) is 5.79. The van der Waals surface area contributed by atoms with Gasteiger partial charge in [0.15, 0.2) is 12.2 Å². The number of carbonyl (C=O) groups is 1. The summed E-state index contributed by atoms with van der Waals surface area (Å²) in [5, 5.41) is 2.76. The minimum atomic E-state index is -0.474. The van der Waals surface area contributed by atoms with E-state index in [4.69, 9.17) is 9.15 Å². The number of ether oxygens (including phenoxy) is 1. The Kier molecular flexibility index (Phi) is 5.59. The summed E-state index contributed by atoms with van der Waals surface area (Å²) in [6.45, 7) is 12.0. The molecule has 0 atom stereocenters. The van der Waals surface area contributed by atoms with Crippen LogP contribution in [-0.2, 0) is 11.3 Å². The van der Waals surface area contributed by atoms with Gasteiger partial charge in [0.2, 0.25) is 5.89 Å². The van der Waals surface area contributed by atoms with Crippen molar-refractivity contribution in [1.29, 1.82) is 0 Å². The van der Waals surface area contributed by atoms with Gasteiger partial charge in [-0.1, -0.05) is 38.5 Å². The SMILES string of the molecule is C=Cc1ccc2oc(COC(=O)NC(C)(C)C)nc2c1C1CCC(C)CC1. The van der Waals surface area contributed by atoms with Crippen molar-refractivity contribution in [1.82, 2.24) is 10.3 Å². The number of alkyl carbamates (subject to hydrolysis) is 1. The lowest BCUT2D eigenvalue weighted by Gasteiger charge is -2.27. The Morgan fingerprint density at radius 1 is 1.33 bits per heavy atom. The number of carbonyl (C=O) groups excluding carboxylic acids is 1. The molecule has 1 aromatic heterocycles. The summed E-state index contributed by atoms with van der Waals surface area (Å²) >= 11 is 0. The fraction of sp³-hybridized carbons (Fsp3) is 0.545. The molecule has 1 heterocycles. The highest BCUT2D eigenvalue weighted by Gasteiger charge is 2.25. The van der Waals surface area contributed by atoms with Crippen LogP contribution in [0.4, 0.5) is 4.79 Å². The van der Waals surface area contributed by atoms with Crippen LogP contribution in [0.5, 0.6) is 0 Å². The van der Waals surface area contributed by atoms with Crippen molar-refractivity contribution in [2.45, 2.75) is 71.4 Å². The largest absolute Gasteiger partial charge is 0.440 e. The second kappa shape index (κ2) is 7.75. The van der Waals surface area contributed by atoms with Crippen LogP contribution in [0.25, 0.3) is 17.2 Å². The molecule has 1 fully saturated rings. The molecule has 5 heteroatoms. The summed E-state index contributed by atoms with van der Waals surface area (Å²) in [7, 11) is 0. The Balaban J connectivity index is 1.83. The molecule has 0 radical (unpaired) electrons. The first-order valence-corrected chi connectivity index (χ1v) is 9.76. The van der Waals surface area contributed by atoms with E-state index in [1.165, 1.54) is 18.4 Å². The van der Waals surface area contributed by atoms with Crippen LogP contribution >= 0.6 is 0 Å². The first kappa shape index (κ1) is 19.5. The lowest BCUT2D eigenvalue weighted by atomic mass is 9.77. The van der Waals surface area contributed by atoms with Gasteiger partial charge in [-0.3, -0.25) is 0 Å². The fourth-order valence-electron chi connectivity index (χ4n) is 3.76. The number of hydrogen-bond acceptors (Lipinski definition) is 4. The summed E-state index contributed by atoms with van der Waals surface area (Å²) in [6.07, 6.45) is 6.21. The summed E-state index contributed by atoms with van der Waals surface area (Å²) in [5.41, 5.74) is 3.62. The number of rotatable bonds is 4. The number of oxazole rings is 1. The molecule has 1 saturated carbocycles. The molecule has 1 aromatic carbocycles. The van der Waals surface area contributed by atoms with Gasteiger partial charge in [0.25, 0.3) is 0 Å². The summed E-state index contributed by atoms with van der Waals surface area (Å²) < 4.78 is 11.1. The molecular weight excluding hydrogens is 340 g/mol. The maximum atomic E-state index is 11.9. The van der Waals surface area contributed by atoms with Crippen molar-refractivity contribution in [2.75, 3.05) is 0 Å². The molecule has 2 aromatic rings. The van der Waals surface area contributed by atoms with E-state index in [9.17, 15) is 4.79 Å². The zero-order chi connectivity index (χ0) is 19.6. The number of amides is 1. The Labute approximate surface area is 161 Å². The maximum absolute atomic E-state index is 11.9. The molecule has 0 aliphatic heterocycles. The summed E-state index contributed by atoms with van der Waals surface area (Å²) in [4.78, 5) is 16.5. The second-order valence-electron chi connectivity index (χ2n) is 8.63. The van der Waals surface area contributed by atoms with E-state index in [1.807, 2.05) is 39.0 Å². The van der Waals surface area contributed by atoms with Gasteiger partial charge in [0.05, 0.1) is 0 Å². The average Bonchev–Trinajstić information content (AvgIpc) is 3.01. The first-order chi connectivity index (χ1) is 12.8. The van der Waals surface area contributed by atoms with Gasteiger partial charge in [0.1, 0.15) is 5.52 Å². The first-order valence-electron chi connectivity index (χ1n) is 9.76. The Bertz CT molecular complexity index is 824. The molecule has 1 amide bonds. The molecule has 27 heavy (non-hydrogen) atoms. The highest BCUT2D eigenvalue weighted by molar-refractivity contribution is 5.82. The van der Waals surface area contributed by atoms with Gasteiger partial charge in [-0.05, 0) is 62.6 Å². The third kappa shape index (κ3) is 4.71. The van der Waals surface area contributed by atoms with Crippen molar-refractivity contribution < 1.29 is 13.9 Å². The minimum Gasteiger partial charge on any atom is -0.440 e. The molecule has 146 valence electrons. The van der Waals surface area contributed by atoms with Crippen LogP contribution in [0.3, 0.4) is 0 Å². The van der Waals surface area contributed by atoms with Gasteiger partial charge < -0.3 is 14.5 Å². The van der Waals surface area contributed by atoms with Gasteiger partial charge in [-0.25, -0.2) is 9.78 Å². The molecule has 0 saturated heterocycles. The molecule has 0 spiro atoms. The lowest BCUT2D eigenvalue weighted by molar-refractivity contribution is 0.122. The van der Waals surface area contributed by atoms with Gasteiger partial charge in [-0.2, -0.15) is 0 Å². The maximum Gasteiger partial charge on any atom is 0.408 e. The number of nitrogens with one attached hydrogen (secondary N) is 1. The molecule has 1 aliphatic rings. The van der Waals surface area contributed by atoms with Crippen molar-refractivity contribution >= 4 is 23.3 Å². The van der Waals surface area contributed by atoms with Crippen molar-refractivity contribution in [3.63, 3.8) is 0 Å². The summed E-state index contributed by atoms with van der Waals surface area (Å²) in [6, 6.07) is 3.97. The van der Waals surface area contributed by atoms with E-state index < -0.39 is 6.09 Å². The van der Waals surface area contributed by atoms with E-state index in [0.717, 1.165) is 35.4 Å². The van der Waals surface area contributed by atoms with E-state index in [1.54, 1.807) is 0 Å². The van der Waals surface area contributed by atoms with E-state index in [-0.39, 0.29) is 12.1 Å². The highest BCUT2D eigenvalue weighted by Crippen LogP contribution is 2.40. The van der Waals surface area contributed by atoms with E-state index >= 15 is 0 Å². The summed E-state index contributed by atoms with van der Waals surface area (Å²) in [5.74, 6) is 1.68. The monoisotopic (exact) mass is 370 g/mol. The van der Waals surface area contributed by atoms with Gasteiger partial charge in [0, 0.05) is 5.54 Å². The average molecular weight is 370 g/mol. The van der Waals surface area contributed by atoms with Crippen LogP contribution < -0.4 is 5.32 Å². The molecule has 1 aliphatic carbocycles. The Hall–Kier alpha value is -2.30. The van der Waals surface area contributed by atoms with Crippen LogP contribution in [0, 0.1) is 5.92 Å². The number of aromatic nitrogens is 1. The smallest absolute Gasteiger partial charge is 0.408 e. The molecule has 3 rings (SSSR count). The Morgan fingerprint density at radius 2 is 2.04 bits per heavy atom. The molecule has 1 N–H and O–H groups in total. The number of hydrogen-bond donors (Lipinski definition) is 1. The van der Waals surface area contributed by atoms with Crippen molar-refractivity contribution in [3.05, 3.63) is 35.7 Å². The van der Waals surface area contributed by atoms with Crippen molar-refractivity contribution in [3.8, 4) is 0 Å². The van der Waals surface area contributed by atoms with Crippen LogP contribution in [0.1, 0.15) is 76.3 Å². The van der Waals surface area contributed by atoms with Crippen LogP contribution in [-0.4, -0.2) is 16.6 Å². The quantitative estimate of drug-likeness (QED) is 0.740. The zero-order valence-electron chi connectivity index (χ0n) is 16.8. The zero-order valence-corrected chi connectivity index (χ0v) is 16.8. The second-order valence-corrected chi connectivity index (χ2v) is 8.63. The highest BCUT2D eigenvalue weighted by atomic mass is 16.6. The minimum absolute atomic E-state index is 0.0150. The molecule has 5 nitrogen and oxygen atoms in total. The third-order valence-corrected chi connectivity index (χ3v) is 5.13. The number of benzene rings is 1. The predicted molar refractivity (Wildman–Crippen MR) is 108 cm³/mol. The topological polar surface area (TPSA) is 64.4 Å². The van der Waals surface area contributed by atoms with E-state index in [0.29, 0.717) is 11.8 Å². The molecule has 0 unspecified atom stereocenters. The van der Waals surface area contributed by atoms with Crippen LogP contribution in [0.15, 0.2) is 23.1 Å². The van der Waals surface area contributed by atoms with Crippen molar-refractivity contribution in [2.24, 2.45) is 5.92 Å². The van der Waals surface area contributed by atoms with Gasteiger partial charge in [-0.15, -0.1) is 0 Å². The fourth-order valence-corrected chi connectivity index (χ4v) is 3.76. The molecular formula is C22H30N2O3. The number of fused-ring (bicyclic) bond motifs is 1.